The average molecular weight is 447 g/mol. The van der Waals surface area contributed by atoms with Crippen molar-refractivity contribution in [1.29, 1.82) is 0 Å². The Bertz CT molecular complexity index is 1080. The SMILES string of the molecule is O=C(O)C[C@@H](NC(=O)c1cccc(COc2ccc(C3CCNN3)nc2)c1)c1ccccc1. The summed E-state index contributed by atoms with van der Waals surface area (Å²) >= 11 is 0. The van der Waals surface area contributed by atoms with Crippen LogP contribution in [0.3, 0.4) is 0 Å². The third-order valence-corrected chi connectivity index (χ3v) is 5.43. The van der Waals surface area contributed by atoms with E-state index in [1.165, 1.54) is 0 Å². The van der Waals surface area contributed by atoms with E-state index >= 15 is 0 Å². The number of carboxylic acids is 1. The molecule has 170 valence electrons. The summed E-state index contributed by atoms with van der Waals surface area (Å²) in [7, 11) is 0. The number of carbonyl (C=O) groups is 2. The molecule has 33 heavy (non-hydrogen) atoms. The number of rotatable bonds is 9. The normalized spacial score (nSPS) is 16.2. The molecule has 1 aromatic heterocycles. The van der Waals surface area contributed by atoms with Crippen LogP contribution in [0.4, 0.5) is 0 Å². The van der Waals surface area contributed by atoms with Gasteiger partial charge in [-0.15, -0.1) is 0 Å². The number of nitrogens with one attached hydrogen (secondary N) is 3. The smallest absolute Gasteiger partial charge is 0.305 e. The molecule has 0 radical (unpaired) electrons. The number of aromatic nitrogens is 1. The van der Waals surface area contributed by atoms with Crippen molar-refractivity contribution in [3.05, 3.63) is 95.3 Å². The van der Waals surface area contributed by atoms with Gasteiger partial charge in [-0.1, -0.05) is 42.5 Å². The summed E-state index contributed by atoms with van der Waals surface area (Å²) in [6.45, 7) is 1.19. The minimum absolute atomic E-state index is 0.200. The van der Waals surface area contributed by atoms with Crippen LogP contribution < -0.4 is 20.9 Å². The van der Waals surface area contributed by atoms with Crippen LogP contribution in [0.5, 0.6) is 5.75 Å². The molecule has 8 nitrogen and oxygen atoms in total. The molecule has 0 saturated carbocycles. The van der Waals surface area contributed by atoms with Crippen LogP contribution in [0, 0.1) is 0 Å². The number of carboxylic acid groups (broad SMARTS) is 1. The topological polar surface area (TPSA) is 113 Å². The molecule has 4 N–H and O–H groups in total. The van der Waals surface area contributed by atoms with Gasteiger partial charge >= 0.3 is 5.97 Å². The number of ether oxygens (including phenoxy) is 1. The van der Waals surface area contributed by atoms with Gasteiger partial charge in [-0.3, -0.25) is 20.0 Å². The van der Waals surface area contributed by atoms with E-state index in [-0.39, 0.29) is 25.0 Å². The van der Waals surface area contributed by atoms with Crippen LogP contribution in [0.1, 0.15) is 52.1 Å². The van der Waals surface area contributed by atoms with Gasteiger partial charge in [0.15, 0.2) is 0 Å². The fraction of sp³-hybridized carbons (Fsp3) is 0.240. The predicted octanol–water partition coefficient (Wildman–Crippen LogP) is 3.15. The fourth-order valence-electron chi connectivity index (χ4n) is 3.71. The zero-order valence-corrected chi connectivity index (χ0v) is 18.0. The van der Waals surface area contributed by atoms with Crippen LogP contribution in [-0.2, 0) is 11.4 Å². The minimum Gasteiger partial charge on any atom is -0.487 e. The molecule has 1 aliphatic rings. The third kappa shape index (κ3) is 6.15. The molecule has 3 aromatic rings. The van der Waals surface area contributed by atoms with Crippen LogP contribution in [0.25, 0.3) is 0 Å². The molecule has 1 fully saturated rings. The van der Waals surface area contributed by atoms with Gasteiger partial charge in [0.25, 0.3) is 5.91 Å². The molecule has 8 heteroatoms. The Kier molecular flexibility index (Phi) is 7.29. The number of benzene rings is 2. The van der Waals surface area contributed by atoms with Crippen LogP contribution >= 0.6 is 0 Å². The highest BCUT2D eigenvalue weighted by molar-refractivity contribution is 5.94. The number of nitrogens with zero attached hydrogens (tertiary/aromatic N) is 1. The molecule has 2 aromatic carbocycles. The van der Waals surface area contributed by atoms with Gasteiger partial charge in [-0.05, 0) is 41.8 Å². The first-order chi connectivity index (χ1) is 16.1. The summed E-state index contributed by atoms with van der Waals surface area (Å²) < 4.78 is 5.84. The van der Waals surface area contributed by atoms with E-state index < -0.39 is 12.0 Å². The van der Waals surface area contributed by atoms with Crippen molar-refractivity contribution in [2.24, 2.45) is 0 Å². The molecular formula is C25H26N4O4. The Hall–Kier alpha value is -3.75. The standard InChI is InChI=1S/C25H26N4O4/c30-24(31)14-23(18-6-2-1-3-7-18)28-25(32)19-8-4-5-17(13-19)16-33-20-9-10-21(26-15-20)22-11-12-27-29-22/h1-10,13,15,22-23,27,29H,11-12,14,16H2,(H,28,32)(H,30,31)/t22?,23-/m1/s1. The highest BCUT2D eigenvalue weighted by Crippen LogP contribution is 2.20. The largest absolute Gasteiger partial charge is 0.487 e. The Balaban J connectivity index is 1.38. The highest BCUT2D eigenvalue weighted by Gasteiger charge is 2.19. The highest BCUT2D eigenvalue weighted by atomic mass is 16.5. The number of carbonyl (C=O) groups excluding carboxylic acids is 1. The first-order valence-corrected chi connectivity index (χ1v) is 10.8. The van der Waals surface area contributed by atoms with Crippen molar-refractivity contribution in [3.63, 3.8) is 0 Å². The molecule has 2 heterocycles. The van der Waals surface area contributed by atoms with E-state index in [4.69, 9.17) is 4.74 Å². The number of aliphatic carboxylic acids is 1. The van der Waals surface area contributed by atoms with E-state index in [0.29, 0.717) is 11.3 Å². The number of hydrazine groups is 1. The van der Waals surface area contributed by atoms with Gasteiger partial charge in [0, 0.05) is 12.1 Å². The maximum atomic E-state index is 12.8. The van der Waals surface area contributed by atoms with E-state index in [0.717, 1.165) is 29.8 Å². The van der Waals surface area contributed by atoms with Crippen molar-refractivity contribution in [2.45, 2.75) is 31.5 Å². The fourth-order valence-corrected chi connectivity index (χ4v) is 3.71. The van der Waals surface area contributed by atoms with E-state index in [2.05, 4.69) is 21.2 Å². The van der Waals surface area contributed by atoms with Crippen molar-refractivity contribution >= 4 is 11.9 Å². The number of hydrogen-bond acceptors (Lipinski definition) is 6. The van der Waals surface area contributed by atoms with E-state index in [1.54, 1.807) is 36.5 Å². The summed E-state index contributed by atoms with van der Waals surface area (Å²) in [6.07, 6.45) is 2.48. The Morgan fingerprint density at radius 1 is 1.12 bits per heavy atom. The molecule has 1 unspecified atom stereocenters. The van der Waals surface area contributed by atoms with Crippen molar-refractivity contribution in [3.8, 4) is 5.75 Å². The first-order valence-electron chi connectivity index (χ1n) is 10.8. The maximum Gasteiger partial charge on any atom is 0.305 e. The predicted molar refractivity (Wildman–Crippen MR) is 122 cm³/mol. The molecule has 2 atom stereocenters. The summed E-state index contributed by atoms with van der Waals surface area (Å²) in [5, 5.41) is 12.1. The van der Waals surface area contributed by atoms with Crippen LogP contribution in [0.15, 0.2) is 72.9 Å². The molecule has 0 spiro atoms. The Morgan fingerprint density at radius 3 is 2.67 bits per heavy atom. The van der Waals surface area contributed by atoms with Gasteiger partial charge in [-0.25, -0.2) is 5.43 Å². The van der Waals surface area contributed by atoms with Gasteiger partial charge in [0.2, 0.25) is 0 Å². The molecule has 0 aliphatic carbocycles. The summed E-state index contributed by atoms with van der Waals surface area (Å²) in [4.78, 5) is 28.6. The van der Waals surface area contributed by atoms with Crippen LogP contribution in [-0.4, -0.2) is 28.5 Å². The molecular weight excluding hydrogens is 420 g/mol. The lowest BCUT2D eigenvalue weighted by molar-refractivity contribution is -0.137. The summed E-state index contributed by atoms with van der Waals surface area (Å²) in [5.41, 5.74) is 9.24. The lowest BCUT2D eigenvalue weighted by atomic mass is 10.0. The maximum absolute atomic E-state index is 12.8. The quantitative estimate of drug-likeness (QED) is 0.399. The van der Waals surface area contributed by atoms with Crippen molar-refractivity contribution in [2.75, 3.05) is 6.54 Å². The summed E-state index contributed by atoms with van der Waals surface area (Å²) in [6, 6.07) is 19.6. The van der Waals surface area contributed by atoms with Gasteiger partial charge in [-0.2, -0.15) is 0 Å². The van der Waals surface area contributed by atoms with E-state index in [1.807, 2.05) is 36.4 Å². The minimum atomic E-state index is -0.981. The average Bonchev–Trinajstić information content (AvgIpc) is 3.38. The number of amides is 1. The van der Waals surface area contributed by atoms with Gasteiger partial charge in [0.1, 0.15) is 12.4 Å². The molecule has 1 saturated heterocycles. The monoisotopic (exact) mass is 446 g/mol. The van der Waals surface area contributed by atoms with Gasteiger partial charge < -0.3 is 15.2 Å². The molecule has 1 amide bonds. The lowest BCUT2D eigenvalue weighted by Crippen LogP contribution is -2.30. The third-order valence-electron chi connectivity index (χ3n) is 5.43. The van der Waals surface area contributed by atoms with Crippen molar-refractivity contribution < 1.29 is 19.4 Å². The second kappa shape index (κ2) is 10.7. The Labute approximate surface area is 192 Å². The lowest BCUT2D eigenvalue weighted by Gasteiger charge is -2.18. The van der Waals surface area contributed by atoms with Gasteiger partial charge in [0.05, 0.1) is 30.4 Å². The number of pyridine rings is 1. The molecule has 4 rings (SSSR count). The van der Waals surface area contributed by atoms with Crippen LogP contribution in [0.2, 0.25) is 0 Å². The summed E-state index contributed by atoms with van der Waals surface area (Å²) in [5.74, 6) is -0.674. The zero-order chi connectivity index (χ0) is 23.0. The second-order valence-corrected chi connectivity index (χ2v) is 7.85. The Morgan fingerprint density at radius 2 is 1.97 bits per heavy atom. The second-order valence-electron chi connectivity index (χ2n) is 7.85. The number of hydrogen-bond donors (Lipinski definition) is 4. The molecule has 0 bridgehead atoms. The zero-order valence-electron chi connectivity index (χ0n) is 18.0. The first kappa shape index (κ1) is 22.4. The van der Waals surface area contributed by atoms with E-state index in [9.17, 15) is 14.7 Å². The van der Waals surface area contributed by atoms with Crippen molar-refractivity contribution in [1.82, 2.24) is 21.2 Å². The molecule has 1 aliphatic heterocycles.